The van der Waals surface area contributed by atoms with Gasteiger partial charge in [-0.05, 0) is 76.0 Å². The maximum atomic E-state index is 15.5. The Morgan fingerprint density at radius 1 is 0.780 bits per heavy atom. The molecule has 5 aromatic carbocycles. The number of amides is 1. The third-order valence-corrected chi connectivity index (χ3v) is 12.2. The highest BCUT2D eigenvalue weighted by Gasteiger charge is 2.37. The summed E-state index contributed by atoms with van der Waals surface area (Å²) in [7, 11) is -5.13. The number of nitrogens with zero attached hydrogens (tertiary/aromatic N) is 6. The van der Waals surface area contributed by atoms with E-state index in [1.165, 1.54) is 25.1 Å². The number of nitrogens with two attached hydrogens (primary N) is 1. The number of tetrazole rings is 1. The molecule has 0 atom stereocenters. The van der Waals surface area contributed by atoms with E-state index in [2.05, 4.69) is 30.7 Å². The van der Waals surface area contributed by atoms with Crippen LogP contribution in [0.1, 0.15) is 16.7 Å². The third-order valence-electron chi connectivity index (χ3n) is 9.25. The van der Waals surface area contributed by atoms with Gasteiger partial charge in [-0.3, -0.25) is 5.32 Å². The van der Waals surface area contributed by atoms with Gasteiger partial charge in [-0.1, -0.05) is 54.6 Å². The Kier molecular flexibility index (Phi) is 11.3. The molecule has 0 aliphatic carbocycles. The van der Waals surface area contributed by atoms with E-state index in [9.17, 15) is 18.3 Å². The molecule has 0 bridgehead atoms. The van der Waals surface area contributed by atoms with Gasteiger partial charge in [-0.2, -0.15) is 9.10 Å². The van der Waals surface area contributed by atoms with Crippen LogP contribution in [0.5, 0.6) is 17.2 Å². The molecule has 0 fully saturated rings. The van der Waals surface area contributed by atoms with E-state index in [0.29, 0.717) is 33.9 Å². The molecular formula is C39H37N9O9S2. The molecule has 304 valence electrons. The second-order valence-electron chi connectivity index (χ2n) is 13.0. The minimum absolute atomic E-state index is 0.101. The van der Waals surface area contributed by atoms with Crippen LogP contribution in [0, 0.1) is 0 Å². The standard InChI is InChI=1S/C39H37N9O9S2/c1-55-27-13-7-24(8-14-27)21-47(22-25-9-15-28(56-2)16-10-25)59(53,54)36-33(58(40,51)52)20-19-30(31-5-4-6-32-35(31)42-38(41-32)43-39(49)50)34(36)37-44-46-48(45-37)23-26-11-17-29(57-3)18-12-26/h4-20H,21-23H2,1-3H3,(H,49,50)(H2,40,51,52)(H2,41,42,43). The van der Waals surface area contributed by atoms with Crippen molar-refractivity contribution in [1.82, 2.24) is 34.5 Å². The summed E-state index contributed by atoms with van der Waals surface area (Å²) >= 11 is 0. The molecule has 20 heteroatoms. The van der Waals surface area contributed by atoms with Gasteiger partial charge in [0.1, 0.15) is 27.0 Å². The van der Waals surface area contributed by atoms with E-state index < -0.39 is 35.9 Å². The third kappa shape index (κ3) is 8.70. The summed E-state index contributed by atoms with van der Waals surface area (Å²) < 4.78 is 75.2. The molecule has 0 saturated carbocycles. The quantitative estimate of drug-likeness (QED) is 0.105. The number of carbonyl (C=O) groups is 1. The fraction of sp³-hybridized carbons (Fsp3) is 0.154. The van der Waals surface area contributed by atoms with Gasteiger partial charge >= 0.3 is 6.09 Å². The number of primary sulfonamides is 1. The molecule has 0 radical (unpaired) electrons. The number of ether oxygens (including phenoxy) is 3. The Labute approximate surface area is 338 Å². The number of benzene rings is 5. The Morgan fingerprint density at radius 3 is 1.86 bits per heavy atom. The normalized spacial score (nSPS) is 11.8. The lowest BCUT2D eigenvalue weighted by molar-refractivity contribution is 0.209. The Balaban J connectivity index is 1.48. The maximum Gasteiger partial charge on any atom is 0.411 e. The largest absolute Gasteiger partial charge is 0.497 e. The average molecular weight is 840 g/mol. The first-order valence-electron chi connectivity index (χ1n) is 17.6. The van der Waals surface area contributed by atoms with E-state index in [1.54, 1.807) is 98.1 Å². The van der Waals surface area contributed by atoms with Crippen molar-refractivity contribution < 1.29 is 40.9 Å². The number of H-pyrrole nitrogens is 1. The van der Waals surface area contributed by atoms with Gasteiger partial charge < -0.3 is 24.3 Å². The molecule has 0 saturated heterocycles. The summed E-state index contributed by atoms with van der Waals surface area (Å²) in [5.74, 6) is 1.36. The van der Waals surface area contributed by atoms with E-state index in [-0.39, 0.29) is 53.6 Å². The Bertz CT molecular complexity index is 2820. The van der Waals surface area contributed by atoms with E-state index in [4.69, 9.17) is 19.3 Å². The van der Waals surface area contributed by atoms with Gasteiger partial charge in [0, 0.05) is 18.7 Å². The van der Waals surface area contributed by atoms with Crippen molar-refractivity contribution in [2.24, 2.45) is 5.14 Å². The molecule has 59 heavy (non-hydrogen) atoms. The number of rotatable bonds is 15. The molecule has 7 rings (SSSR count). The van der Waals surface area contributed by atoms with Crippen LogP contribution in [0.25, 0.3) is 33.5 Å². The lowest BCUT2D eigenvalue weighted by Crippen LogP contribution is -2.32. The van der Waals surface area contributed by atoms with Crippen molar-refractivity contribution in [3.8, 4) is 39.8 Å². The van der Waals surface area contributed by atoms with Crippen molar-refractivity contribution in [3.05, 3.63) is 120 Å². The number of para-hydroxylation sites is 1. The Hall–Kier alpha value is -6.87. The maximum absolute atomic E-state index is 15.5. The molecule has 0 unspecified atom stereocenters. The van der Waals surface area contributed by atoms with Crippen molar-refractivity contribution in [2.75, 3.05) is 26.6 Å². The van der Waals surface area contributed by atoms with E-state index in [1.807, 2.05) is 0 Å². The van der Waals surface area contributed by atoms with E-state index in [0.717, 1.165) is 15.9 Å². The van der Waals surface area contributed by atoms with Crippen LogP contribution in [0.15, 0.2) is 113 Å². The number of anilines is 1. The van der Waals surface area contributed by atoms with Gasteiger partial charge in [0.15, 0.2) is 0 Å². The van der Waals surface area contributed by atoms with Crippen LogP contribution in [-0.2, 0) is 39.7 Å². The van der Waals surface area contributed by atoms with Crippen LogP contribution in [0.2, 0.25) is 0 Å². The van der Waals surface area contributed by atoms with Gasteiger partial charge in [-0.25, -0.2) is 31.8 Å². The van der Waals surface area contributed by atoms with Crippen molar-refractivity contribution in [1.29, 1.82) is 0 Å². The van der Waals surface area contributed by atoms with Gasteiger partial charge in [-0.15, -0.1) is 10.2 Å². The molecule has 1 amide bonds. The number of carboxylic acid groups (broad SMARTS) is 1. The zero-order valence-corrected chi connectivity index (χ0v) is 33.4. The number of methoxy groups -OCH3 is 3. The molecule has 0 spiro atoms. The van der Waals surface area contributed by atoms with Crippen LogP contribution < -0.4 is 24.7 Å². The van der Waals surface area contributed by atoms with Crippen molar-refractivity contribution in [3.63, 3.8) is 0 Å². The molecule has 2 aromatic heterocycles. The summed E-state index contributed by atoms with van der Waals surface area (Å²) in [6, 6.07) is 28.0. The predicted molar refractivity (Wildman–Crippen MR) is 216 cm³/mol. The molecular weight excluding hydrogens is 803 g/mol. The number of hydrogen-bond acceptors (Lipinski definition) is 12. The number of imidazole rings is 1. The highest BCUT2D eigenvalue weighted by Crippen LogP contribution is 2.43. The van der Waals surface area contributed by atoms with Crippen LogP contribution in [-0.4, -0.2) is 83.8 Å². The zero-order valence-electron chi connectivity index (χ0n) is 31.7. The fourth-order valence-corrected chi connectivity index (χ4v) is 9.39. The molecule has 18 nitrogen and oxygen atoms in total. The van der Waals surface area contributed by atoms with Crippen molar-refractivity contribution >= 4 is 43.1 Å². The molecule has 5 N–H and O–H groups in total. The second-order valence-corrected chi connectivity index (χ2v) is 16.4. The number of aromatic amines is 1. The lowest BCUT2D eigenvalue weighted by Gasteiger charge is -2.26. The zero-order chi connectivity index (χ0) is 41.9. The van der Waals surface area contributed by atoms with Crippen molar-refractivity contribution in [2.45, 2.75) is 29.4 Å². The molecule has 0 aliphatic rings. The minimum atomic E-state index is -4.91. The summed E-state index contributed by atoms with van der Waals surface area (Å²) in [5, 5.41) is 30.5. The summed E-state index contributed by atoms with van der Waals surface area (Å²) in [4.78, 5) is 18.6. The van der Waals surface area contributed by atoms with Gasteiger partial charge in [0.2, 0.25) is 31.8 Å². The fourth-order valence-electron chi connectivity index (χ4n) is 6.43. The summed E-state index contributed by atoms with van der Waals surface area (Å²) in [5.41, 5.74) is 2.65. The topological polar surface area (TPSA) is 247 Å². The second kappa shape index (κ2) is 16.5. The van der Waals surface area contributed by atoms with Gasteiger partial charge in [0.25, 0.3) is 0 Å². The average Bonchev–Trinajstić information content (AvgIpc) is 3.86. The summed E-state index contributed by atoms with van der Waals surface area (Å²) in [6.45, 7) is -0.338. The molecule has 0 aliphatic heterocycles. The molecule has 2 heterocycles. The summed E-state index contributed by atoms with van der Waals surface area (Å²) in [6.07, 6.45) is -1.37. The number of sulfonamides is 2. The number of nitrogens with one attached hydrogen (secondary N) is 2. The minimum Gasteiger partial charge on any atom is -0.497 e. The van der Waals surface area contributed by atoms with Crippen LogP contribution >= 0.6 is 0 Å². The number of hydrogen-bond donors (Lipinski definition) is 4. The molecule has 7 aromatic rings. The number of fused-ring (bicyclic) bond motifs is 1. The first-order chi connectivity index (χ1) is 28.3. The monoisotopic (exact) mass is 839 g/mol. The first kappa shape index (κ1) is 40.3. The highest BCUT2D eigenvalue weighted by atomic mass is 32.2. The smallest absolute Gasteiger partial charge is 0.411 e. The Morgan fingerprint density at radius 2 is 1.34 bits per heavy atom. The SMILES string of the molecule is COc1ccc(CN(Cc2ccc(OC)cc2)S(=O)(=O)c2c(S(N)(=O)=O)ccc(-c3cccc4[nH]c(NC(=O)O)nc34)c2-c2nnn(Cc3ccc(OC)cc3)n2)cc1. The van der Waals surface area contributed by atoms with Gasteiger partial charge in [0.05, 0.1) is 44.5 Å². The van der Waals surface area contributed by atoms with E-state index >= 15 is 8.42 Å². The highest BCUT2D eigenvalue weighted by molar-refractivity contribution is 7.92. The van der Waals surface area contributed by atoms with Crippen LogP contribution in [0.4, 0.5) is 10.7 Å². The predicted octanol–water partition coefficient (Wildman–Crippen LogP) is 5.09. The number of aromatic nitrogens is 6. The lowest BCUT2D eigenvalue weighted by atomic mass is 9.98. The van der Waals surface area contributed by atoms with Crippen LogP contribution in [0.3, 0.4) is 0 Å². The first-order valence-corrected chi connectivity index (χ1v) is 20.6.